The number of rotatable bonds is 6. The van der Waals surface area contributed by atoms with E-state index in [0.717, 1.165) is 12.0 Å². The first kappa shape index (κ1) is 16.3. The van der Waals surface area contributed by atoms with Gasteiger partial charge in [-0.3, -0.25) is 4.90 Å². The summed E-state index contributed by atoms with van der Waals surface area (Å²) in [6.45, 7) is 11.0. The minimum absolute atomic E-state index is 0.467. The largest absolute Gasteiger partial charge is 0.308 e. The third-order valence-electron chi connectivity index (χ3n) is 5.50. The first-order valence-electron chi connectivity index (χ1n) is 9.18. The summed E-state index contributed by atoms with van der Waals surface area (Å²) in [6, 6.07) is 0.784. The summed E-state index contributed by atoms with van der Waals surface area (Å²) in [4.78, 5) is 2.85. The van der Waals surface area contributed by atoms with E-state index in [1.807, 2.05) is 0 Å². The van der Waals surface area contributed by atoms with Crippen molar-refractivity contribution in [2.75, 3.05) is 19.6 Å². The molecule has 2 rings (SSSR count). The van der Waals surface area contributed by atoms with Gasteiger partial charge in [-0.05, 0) is 31.6 Å². The topological polar surface area (TPSA) is 15.3 Å². The van der Waals surface area contributed by atoms with Crippen LogP contribution in [-0.2, 0) is 0 Å². The fraction of sp³-hybridized carbons (Fsp3) is 1.00. The van der Waals surface area contributed by atoms with Crippen molar-refractivity contribution >= 4 is 0 Å². The van der Waals surface area contributed by atoms with Crippen LogP contribution in [0, 0.1) is 5.92 Å². The molecule has 0 bridgehead atoms. The molecule has 0 radical (unpaired) electrons. The van der Waals surface area contributed by atoms with E-state index >= 15 is 0 Å². The molecule has 2 fully saturated rings. The second-order valence-corrected chi connectivity index (χ2v) is 7.49. The van der Waals surface area contributed by atoms with Gasteiger partial charge in [0.15, 0.2) is 0 Å². The van der Waals surface area contributed by atoms with Crippen LogP contribution in [0.3, 0.4) is 0 Å². The van der Waals surface area contributed by atoms with Crippen molar-refractivity contribution in [2.24, 2.45) is 5.92 Å². The SMILES string of the molecule is CCCC(C)CN1CC2(CCCCC2)NCC1CCC. The predicted octanol–water partition coefficient (Wildman–Crippen LogP) is 4.20. The van der Waals surface area contributed by atoms with Crippen LogP contribution in [-0.4, -0.2) is 36.1 Å². The minimum Gasteiger partial charge on any atom is -0.308 e. The zero-order chi connectivity index (χ0) is 14.4. The number of hydrogen-bond acceptors (Lipinski definition) is 2. The van der Waals surface area contributed by atoms with Crippen LogP contribution in [0.5, 0.6) is 0 Å². The van der Waals surface area contributed by atoms with Crippen molar-refractivity contribution in [3.63, 3.8) is 0 Å². The molecular formula is C18H36N2. The molecule has 2 heteroatoms. The van der Waals surface area contributed by atoms with Crippen LogP contribution in [0.25, 0.3) is 0 Å². The summed E-state index contributed by atoms with van der Waals surface area (Å²) in [7, 11) is 0. The van der Waals surface area contributed by atoms with Crippen molar-refractivity contribution in [1.29, 1.82) is 0 Å². The molecule has 1 saturated carbocycles. The summed E-state index contributed by atoms with van der Waals surface area (Å²) >= 11 is 0. The molecule has 2 atom stereocenters. The van der Waals surface area contributed by atoms with Gasteiger partial charge in [-0.25, -0.2) is 0 Å². The van der Waals surface area contributed by atoms with Crippen LogP contribution in [0.15, 0.2) is 0 Å². The maximum Gasteiger partial charge on any atom is 0.0309 e. The van der Waals surface area contributed by atoms with Gasteiger partial charge in [0.05, 0.1) is 0 Å². The molecule has 2 nitrogen and oxygen atoms in total. The van der Waals surface area contributed by atoms with Crippen molar-refractivity contribution in [3.05, 3.63) is 0 Å². The Labute approximate surface area is 126 Å². The fourth-order valence-corrected chi connectivity index (χ4v) is 4.42. The average molecular weight is 280 g/mol. The van der Waals surface area contributed by atoms with Crippen molar-refractivity contribution in [1.82, 2.24) is 10.2 Å². The van der Waals surface area contributed by atoms with E-state index in [0.29, 0.717) is 5.54 Å². The van der Waals surface area contributed by atoms with E-state index in [9.17, 15) is 0 Å². The van der Waals surface area contributed by atoms with E-state index in [-0.39, 0.29) is 0 Å². The lowest BCUT2D eigenvalue weighted by Crippen LogP contribution is -2.65. The van der Waals surface area contributed by atoms with Gasteiger partial charge >= 0.3 is 0 Å². The quantitative estimate of drug-likeness (QED) is 0.784. The standard InChI is InChI=1S/C18H36N2/c1-4-9-16(3)14-20-15-18(11-7-6-8-12-18)19-13-17(20)10-5-2/h16-17,19H,4-15H2,1-3H3. The van der Waals surface area contributed by atoms with E-state index < -0.39 is 0 Å². The molecule has 0 aromatic carbocycles. The van der Waals surface area contributed by atoms with Crippen LogP contribution < -0.4 is 5.32 Å². The highest BCUT2D eigenvalue weighted by Gasteiger charge is 2.39. The Morgan fingerprint density at radius 2 is 1.90 bits per heavy atom. The molecule has 0 amide bonds. The second-order valence-electron chi connectivity index (χ2n) is 7.49. The molecule has 2 unspecified atom stereocenters. The Kier molecular flexibility index (Phi) is 6.35. The monoisotopic (exact) mass is 280 g/mol. The summed E-state index contributed by atoms with van der Waals surface area (Å²) in [5.41, 5.74) is 0.467. The summed E-state index contributed by atoms with van der Waals surface area (Å²) in [6.07, 6.45) is 12.5. The molecule has 1 aliphatic carbocycles. The van der Waals surface area contributed by atoms with Gasteiger partial charge < -0.3 is 5.32 Å². The zero-order valence-corrected chi connectivity index (χ0v) is 14.1. The Morgan fingerprint density at radius 3 is 2.55 bits per heavy atom. The molecule has 1 N–H and O–H groups in total. The molecule has 1 heterocycles. The smallest absolute Gasteiger partial charge is 0.0309 e. The van der Waals surface area contributed by atoms with Crippen LogP contribution in [0.1, 0.15) is 78.6 Å². The molecule has 1 aliphatic heterocycles. The van der Waals surface area contributed by atoms with E-state index in [1.165, 1.54) is 77.4 Å². The van der Waals surface area contributed by atoms with Gasteiger partial charge in [0.25, 0.3) is 0 Å². The molecule has 20 heavy (non-hydrogen) atoms. The highest BCUT2D eigenvalue weighted by atomic mass is 15.3. The second kappa shape index (κ2) is 7.79. The van der Waals surface area contributed by atoms with E-state index in [1.54, 1.807) is 0 Å². The highest BCUT2D eigenvalue weighted by Crippen LogP contribution is 2.33. The van der Waals surface area contributed by atoms with Crippen molar-refractivity contribution < 1.29 is 0 Å². The average Bonchev–Trinajstić information content (AvgIpc) is 2.43. The lowest BCUT2D eigenvalue weighted by Gasteiger charge is -2.50. The minimum atomic E-state index is 0.467. The van der Waals surface area contributed by atoms with E-state index in [4.69, 9.17) is 0 Å². The van der Waals surface area contributed by atoms with Gasteiger partial charge in [0, 0.05) is 31.2 Å². The molecule has 2 aliphatic rings. The van der Waals surface area contributed by atoms with Gasteiger partial charge in [0.2, 0.25) is 0 Å². The fourth-order valence-electron chi connectivity index (χ4n) is 4.42. The summed E-state index contributed by atoms with van der Waals surface area (Å²) in [5, 5.41) is 3.96. The maximum absolute atomic E-state index is 3.96. The van der Waals surface area contributed by atoms with Gasteiger partial charge in [-0.1, -0.05) is 52.9 Å². The molecule has 1 saturated heterocycles. The van der Waals surface area contributed by atoms with Gasteiger partial charge in [-0.15, -0.1) is 0 Å². The maximum atomic E-state index is 3.96. The third-order valence-corrected chi connectivity index (χ3v) is 5.50. The Balaban J connectivity index is 1.97. The summed E-state index contributed by atoms with van der Waals surface area (Å²) in [5.74, 6) is 0.859. The molecule has 1 spiro atoms. The molecular weight excluding hydrogens is 244 g/mol. The summed E-state index contributed by atoms with van der Waals surface area (Å²) < 4.78 is 0. The Bertz CT molecular complexity index is 271. The van der Waals surface area contributed by atoms with Crippen molar-refractivity contribution in [3.8, 4) is 0 Å². The number of piperazine rings is 1. The van der Waals surface area contributed by atoms with E-state index in [2.05, 4.69) is 31.0 Å². The Hall–Kier alpha value is -0.0800. The van der Waals surface area contributed by atoms with Crippen molar-refractivity contribution in [2.45, 2.75) is 90.1 Å². The third kappa shape index (κ3) is 4.21. The lowest BCUT2D eigenvalue weighted by atomic mass is 9.79. The number of hydrogen-bond donors (Lipinski definition) is 1. The van der Waals surface area contributed by atoms with Gasteiger partial charge in [-0.2, -0.15) is 0 Å². The molecule has 118 valence electrons. The first-order valence-corrected chi connectivity index (χ1v) is 9.18. The zero-order valence-electron chi connectivity index (χ0n) is 14.1. The molecule has 0 aromatic rings. The lowest BCUT2D eigenvalue weighted by molar-refractivity contribution is 0.0413. The predicted molar refractivity (Wildman–Crippen MR) is 88.2 cm³/mol. The van der Waals surface area contributed by atoms with Crippen LogP contribution >= 0.6 is 0 Å². The van der Waals surface area contributed by atoms with Crippen LogP contribution in [0.2, 0.25) is 0 Å². The number of nitrogens with one attached hydrogen (secondary N) is 1. The molecule has 0 aromatic heterocycles. The van der Waals surface area contributed by atoms with Crippen LogP contribution in [0.4, 0.5) is 0 Å². The first-order chi connectivity index (χ1) is 9.69. The Morgan fingerprint density at radius 1 is 1.15 bits per heavy atom. The normalized spacial score (nSPS) is 28.6. The highest BCUT2D eigenvalue weighted by molar-refractivity contribution is 4.99. The van der Waals surface area contributed by atoms with Gasteiger partial charge in [0.1, 0.15) is 0 Å². The number of nitrogens with zero attached hydrogens (tertiary/aromatic N) is 1.